The van der Waals surface area contributed by atoms with Crippen molar-refractivity contribution < 1.29 is 9.13 Å². The minimum atomic E-state index is -0.221. The van der Waals surface area contributed by atoms with Gasteiger partial charge in [-0.25, -0.2) is 4.39 Å². The second-order valence-electron chi connectivity index (χ2n) is 5.16. The molecular formula is C15H20ClFO. The van der Waals surface area contributed by atoms with Crippen LogP contribution in [0.15, 0.2) is 18.2 Å². The second kappa shape index (κ2) is 5.08. The highest BCUT2D eigenvalue weighted by Gasteiger charge is 2.53. The van der Waals surface area contributed by atoms with E-state index in [0.29, 0.717) is 0 Å². The number of rotatable bonds is 4. The summed E-state index contributed by atoms with van der Waals surface area (Å²) in [6.07, 6.45) is 3.06. The van der Waals surface area contributed by atoms with Crippen LogP contribution in [0.1, 0.15) is 38.7 Å². The van der Waals surface area contributed by atoms with Gasteiger partial charge in [-0.2, -0.15) is 0 Å². The summed E-state index contributed by atoms with van der Waals surface area (Å²) in [4.78, 5) is 0. The fourth-order valence-corrected chi connectivity index (χ4v) is 3.52. The molecule has 0 bridgehead atoms. The van der Waals surface area contributed by atoms with Crippen LogP contribution in [0.5, 0.6) is 5.75 Å². The van der Waals surface area contributed by atoms with Gasteiger partial charge in [0.15, 0.2) is 0 Å². The third-order valence-corrected chi connectivity index (χ3v) is 5.02. The summed E-state index contributed by atoms with van der Waals surface area (Å²) in [7, 11) is 0. The van der Waals surface area contributed by atoms with Crippen LogP contribution in [0, 0.1) is 18.2 Å². The molecule has 100 valence electrons. The van der Waals surface area contributed by atoms with Gasteiger partial charge in [0.05, 0.1) is 0 Å². The highest BCUT2D eigenvalue weighted by atomic mass is 35.5. The van der Waals surface area contributed by atoms with Gasteiger partial charge in [0.1, 0.15) is 17.7 Å². The third-order valence-electron chi connectivity index (χ3n) is 4.41. The summed E-state index contributed by atoms with van der Waals surface area (Å²) in [5.74, 6) is 0.553. The summed E-state index contributed by atoms with van der Waals surface area (Å²) < 4.78 is 19.1. The molecule has 0 heterocycles. The van der Waals surface area contributed by atoms with Crippen LogP contribution in [0.4, 0.5) is 4.39 Å². The van der Waals surface area contributed by atoms with Crippen LogP contribution >= 0.6 is 11.6 Å². The Morgan fingerprint density at radius 3 is 2.56 bits per heavy atom. The molecule has 1 aliphatic rings. The van der Waals surface area contributed by atoms with Gasteiger partial charge in [-0.1, -0.05) is 13.8 Å². The van der Waals surface area contributed by atoms with Crippen molar-refractivity contribution in [1.82, 2.24) is 0 Å². The van der Waals surface area contributed by atoms with Gasteiger partial charge in [-0.3, -0.25) is 0 Å². The zero-order valence-electron chi connectivity index (χ0n) is 11.2. The van der Waals surface area contributed by atoms with Gasteiger partial charge >= 0.3 is 0 Å². The van der Waals surface area contributed by atoms with Crippen molar-refractivity contribution in [2.45, 2.75) is 51.5 Å². The average molecular weight is 271 g/mol. The summed E-state index contributed by atoms with van der Waals surface area (Å²) in [6.45, 7) is 6.19. The molecule has 1 fully saturated rings. The van der Waals surface area contributed by atoms with Gasteiger partial charge in [-0.05, 0) is 43.5 Å². The molecule has 1 aliphatic carbocycles. The molecule has 2 atom stereocenters. The molecule has 0 saturated heterocycles. The molecular weight excluding hydrogens is 251 g/mol. The first kappa shape index (κ1) is 13.7. The van der Waals surface area contributed by atoms with Gasteiger partial charge in [0.2, 0.25) is 0 Å². The molecule has 0 aliphatic heterocycles. The molecule has 18 heavy (non-hydrogen) atoms. The van der Waals surface area contributed by atoms with Crippen LogP contribution in [-0.4, -0.2) is 11.5 Å². The zero-order valence-corrected chi connectivity index (χ0v) is 11.9. The molecule has 0 radical (unpaired) electrons. The molecule has 1 nitrogen and oxygen atoms in total. The predicted octanol–water partition coefficient (Wildman–Crippen LogP) is 4.70. The maximum Gasteiger partial charge on any atom is 0.123 e. The highest BCUT2D eigenvalue weighted by Crippen LogP contribution is 2.52. The maximum atomic E-state index is 13.1. The monoisotopic (exact) mass is 270 g/mol. The predicted molar refractivity (Wildman–Crippen MR) is 72.8 cm³/mol. The van der Waals surface area contributed by atoms with Crippen LogP contribution < -0.4 is 4.74 Å². The fourth-order valence-electron chi connectivity index (χ4n) is 2.91. The van der Waals surface area contributed by atoms with E-state index in [4.69, 9.17) is 16.3 Å². The first-order chi connectivity index (χ1) is 8.53. The summed E-state index contributed by atoms with van der Waals surface area (Å²) in [5.41, 5.74) is 0.914. The smallest absolute Gasteiger partial charge is 0.123 e. The number of benzene rings is 1. The molecule has 1 saturated carbocycles. The van der Waals surface area contributed by atoms with E-state index in [1.165, 1.54) is 12.1 Å². The fraction of sp³-hybridized carbons (Fsp3) is 0.600. The number of aryl methyl sites for hydroxylation is 1. The highest BCUT2D eigenvalue weighted by molar-refractivity contribution is 6.21. The SMILES string of the molecule is CCC1(CC)C(Cl)CC1Oc1ccc(F)cc1C. The van der Waals surface area contributed by atoms with E-state index in [2.05, 4.69) is 13.8 Å². The summed E-state index contributed by atoms with van der Waals surface area (Å²) >= 11 is 6.36. The number of halogens is 2. The number of alkyl halides is 1. The number of ether oxygens (including phenoxy) is 1. The van der Waals surface area contributed by atoms with Crippen LogP contribution in [0.25, 0.3) is 0 Å². The van der Waals surface area contributed by atoms with E-state index in [1.54, 1.807) is 6.07 Å². The van der Waals surface area contributed by atoms with Crippen LogP contribution in [0.3, 0.4) is 0 Å². The maximum absolute atomic E-state index is 13.1. The lowest BCUT2D eigenvalue weighted by Gasteiger charge is -2.52. The van der Waals surface area contributed by atoms with Gasteiger partial charge < -0.3 is 4.74 Å². The lowest BCUT2D eigenvalue weighted by molar-refractivity contribution is -0.0465. The normalized spacial score (nSPS) is 25.6. The first-order valence-corrected chi connectivity index (χ1v) is 7.04. The van der Waals surface area contributed by atoms with E-state index < -0.39 is 0 Å². The van der Waals surface area contributed by atoms with Crippen LogP contribution in [0.2, 0.25) is 0 Å². The summed E-state index contributed by atoms with van der Waals surface area (Å²) in [6, 6.07) is 4.66. The topological polar surface area (TPSA) is 9.23 Å². The Morgan fingerprint density at radius 1 is 1.39 bits per heavy atom. The third kappa shape index (κ3) is 2.11. The van der Waals surface area contributed by atoms with E-state index >= 15 is 0 Å². The standard InChI is InChI=1S/C15H20ClFO/c1-4-15(5-2)13(16)9-14(15)18-12-7-6-11(17)8-10(12)3/h6-8,13-14H,4-5,9H2,1-3H3. The largest absolute Gasteiger partial charge is 0.489 e. The van der Waals surface area contributed by atoms with Gasteiger partial charge in [0, 0.05) is 17.2 Å². The molecule has 0 amide bonds. The van der Waals surface area contributed by atoms with E-state index in [1.807, 2.05) is 6.92 Å². The number of hydrogen-bond donors (Lipinski definition) is 0. The molecule has 0 aromatic heterocycles. The average Bonchev–Trinajstić information content (AvgIpc) is 2.33. The van der Waals surface area contributed by atoms with Crippen LogP contribution in [-0.2, 0) is 0 Å². The molecule has 0 spiro atoms. The van der Waals surface area contributed by atoms with Crippen molar-refractivity contribution in [3.8, 4) is 5.75 Å². The molecule has 0 N–H and O–H groups in total. The molecule has 1 aromatic rings. The van der Waals surface area contributed by atoms with Crippen molar-refractivity contribution >= 4 is 11.6 Å². The molecule has 2 unspecified atom stereocenters. The van der Waals surface area contributed by atoms with Gasteiger partial charge in [-0.15, -0.1) is 11.6 Å². The zero-order chi connectivity index (χ0) is 13.3. The van der Waals surface area contributed by atoms with Crippen molar-refractivity contribution in [3.05, 3.63) is 29.6 Å². The Balaban J connectivity index is 2.15. The Bertz CT molecular complexity index is 429. The van der Waals surface area contributed by atoms with Crippen molar-refractivity contribution in [2.24, 2.45) is 5.41 Å². The Morgan fingerprint density at radius 2 is 2.06 bits per heavy atom. The minimum Gasteiger partial charge on any atom is -0.489 e. The number of hydrogen-bond acceptors (Lipinski definition) is 1. The van der Waals surface area contributed by atoms with Crippen molar-refractivity contribution in [3.63, 3.8) is 0 Å². The molecule has 3 heteroatoms. The lowest BCUT2D eigenvalue weighted by atomic mass is 9.62. The molecule has 1 aromatic carbocycles. The van der Waals surface area contributed by atoms with E-state index in [9.17, 15) is 4.39 Å². The Labute approximate surface area is 113 Å². The molecule has 2 rings (SSSR count). The Kier molecular flexibility index (Phi) is 3.86. The van der Waals surface area contributed by atoms with Crippen molar-refractivity contribution in [1.29, 1.82) is 0 Å². The van der Waals surface area contributed by atoms with E-state index in [-0.39, 0.29) is 22.7 Å². The van der Waals surface area contributed by atoms with Crippen molar-refractivity contribution in [2.75, 3.05) is 0 Å². The second-order valence-corrected chi connectivity index (χ2v) is 5.69. The lowest BCUT2D eigenvalue weighted by Crippen LogP contribution is -2.56. The van der Waals surface area contributed by atoms with Gasteiger partial charge in [0.25, 0.3) is 0 Å². The summed E-state index contributed by atoms with van der Waals surface area (Å²) in [5, 5.41) is 0.193. The minimum absolute atomic E-state index is 0.0718. The quantitative estimate of drug-likeness (QED) is 0.721. The Hall–Kier alpha value is -0.760. The van der Waals surface area contributed by atoms with E-state index in [0.717, 1.165) is 30.6 Å². The first-order valence-electron chi connectivity index (χ1n) is 6.60.